The van der Waals surface area contributed by atoms with Gasteiger partial charge in [-0.05, 0) is 42.7 Å². The van der Waals surface area contributed by atoms with Gasteiger partial charge in [0.1, 0.15) is 0 Å². The molecule has 0 bridgehead atoms. The Kier molecular flexibility index (Phi) is 5.36. The van der Waals surface area contributed by atoms with Gasteiger partial charge in [0.2, 0.25) is 5.91 Å². The van der Waals surface area contributed by atoms with Crippen molar-refractivity contribution in [2.45, 2.75) is 32.4 Å². The molecule has 1 saturated heterocycles. The normalized spacial score (nSPS) is 17.2. The Balaban J connectivity index is 1.35. The van der Waals surface area contributed by atoms with Crippen LogP contribution in [0.5, 0.6) is 0 Å². The first-order valence-electron chi connectivity index (χ1n) is 9.38. The number of amides is 1. The van der Waals surface area contributed by atoms with E-state index in [0.717, 1.165) is 36.0 Å². The summed E-state index contributed by atoms with van der Waals surface area (Å²) < 4.78 is 1.25. The standard InChI is InChI=1S/C21H24N4OS/c1-15(26)23-17-10-8-16(9-11-17)13-22-18-5-4-12-25(14-18)21-24-19-6-2-3-7-20(19)27-21/h2-3,6-11,18,22H,4-5,12-14H2,1H3,(H,23,26)/t18-/m1/s1. The highest BCUT2D eigenvalue weighted by Crippen LogP contribution is 2.30. The van der Waals surface area contributed by atoms with Crippen molar-refractivity contribution < 1.29 is 4.79 Å². The lowest BCUT2D eigenvalue weighted by Gasteiger charge is -2.33. The molecule has 1 atom stereocenters. The quantitative estimate of drug-likeness (QED) is 0.702. The van der Waals surface area contributed by atoms with Crippen LogP contribution >= 0.6 is 11.3 Å². The maximum atomic E-state index is 11.1. The molecule has 2 heterocycles. The summed E-state index contributed by atoms with van der Waals surface area (Å²) in [7, 11) is 0. The number of aromatic nitrogens is 1. The van der Waals surface area contributed by atoms with Gasteiger partial charge in [-0.25, -0.2) is 4.98 Å². The summed E-state index contributed by atoms with van der Waals surface area (Å²) in [6.45, 7) is 4.42. The minimum atomic E-state index is -0.0435. The van der Waals surface area contributed by atoms with Gasteiger partial charge >= 0.3 is 0 Å². The number of anilines is 2. The van der Waals surface area contributed by atoms with Crippen molar-refractivity contribution in [1.82, 2.24) is 10.3 Å². The molecule has 140 valence electrons. The molecule has 1 aliphatic heterocycles. The number of para-hydroxylation sites is 1. The van der Waals surface area contributed by atoms with Crippen molar-refractivity contribution in [3.63, 3.8) is 0 Å². The van der Waals surface area contributed by atoms with Gasteiger partial charge in [-0.15, -0.1) is 0 Å². The van der Waals surface area contributed by atoms with Gasteiger partial charge in [0.15, 0.2) is 5.13 Å². The van der Waals surface area contributed by atoms with Crippen LogP contribution in [-0.2, 0) is 11.3 Å². The number of benzene rings is 2. The lowest BCUT2D eigenvalue weighted by atomic mass is 10.1. The summed E-state index contributed by atoms with van der Waals surface area (Å²) in [6, 6.07) is 16.8. The van der Waals surface area contributed by atoms with E-state index >= 15 is 0 Å². The molecule has 0 unspecified atom stereocenters. The van der Waals surface area contributed by atoms with Crippen LogP contribution in [0.4, 0.5) is 10.8 Å². The minimum Gasteiger partial charge on any atom is -0.347 e. The number of thiazole rings is 1. The molecule has 0 aliphatic carbocycles. The second-order valence-corrected chi connectivity index (χ2v) is 8.02. The maximum absolute atomic E-state index is 11.1. The molecule has 27 heavy (non-hydrogen) atoms. The molecule has 5 nitrogen and oxygen atoms in total. The monoisotopic (exact) mass is 380 g/mol. The number of carbonyl (C=O) groups is 1. The fourth-order valence-electron chi connectivity index (χ4n) is 3.48. The van der Waals surface area contributed by atoms with Crippen LogP contribution in [-0.4, -0.2) is 30.0 Å². The number of hydrogen-bond donors (Lipinski definition) is 2. The number of nitrogens with zero attached hydrogens (tertiary/aromatic N) is 2. The van der Waals surface area contributed by atoms with E-state index in [-0.39, 0.29) is 5.91 Å². The molecule has 4 rings (SSSR count). The van der Waals surface area contributed by atoms with Gasteiger partial charge in [0.25, 0.3) is 0 Å². The van der Waals surface area contributed by atoms with E-state index in [1.807, 2.05) is 18.2 Å². The maximum Gasteiger partial charge on any atom is 0.221 e. The lowest BCUT2D eigenvalue weighted by molar-refractivity contribution is -0.114. The third-order valence-corrected chi connectivity index (χ3v) is 5.94. The fraction of sp³-hybridized carbons (Fsp3) is 0.333. The zero-order valence-corrected chi connectivity index (χ0v) is 16.3. The van der Waals surface area contributed by atoms with Gasteiger partial charge in [-0.2, -0.15) is 0 Å². The van der Waals surface area contributed by atoms with Crippen molar-refractivity contribution in [2.24, 2.45) is 0 Å². The molecule has 2 aromatic carbocycles. The fourth-order valence-corrected chi connectivity index (χ4v) is 4.48. The molecule has 1 aromatic heterocycles. The van der Waals surface area contributed by atoms with Crippen LogP contribution in [0.25, 0.3) is 10.2 Å². The average molecular weight is 381 g/mol. The van der Waals surface area contributed by atoms with E-state index in [1.165, 1.54) is 30.0 Å². The summed E-state index contributed by atoms with van der Waals surface area (Å²) in [4.78, 5) is 18.3. The van der Waals surface area contributed by atoms with Crippen LogP contribution < -0.4 is 15.5 Å². The largest absolute Gasteiger partial charge is 0.347 e. The van der Waals surface area contributed by atoms with Gasteiger partial charge in [-0.3, -0.25) is 4.79 Å². The molecule has 1 aliphatic rings. The zero-order valence-electron chi connectivity index (χ0n) is 15.4. The Labute approximate surface area is 163 Å². The van der Waals surface area contributed by atoms with Crippen LogP contribution in [0.15, 0.2) is 48.5 Å². The van der Waals surface area contributed by atoms with Gasteiger partial charge in [-0.1, -0.05) is 35.6 Å². The van der Waals surface area contributed by atoms with Crippen LogP contribution in [0, 0.1) is 0 Å². The zero-order chi connectivity index (χ0) is 18.6. The highest BCUT2D eigenvalue weighted by molar-refractivity contribution is 7.22. The SMILES string of the molecule is CC(=O)Nc1ccc(CN[C@@H]2CCCN(c3nc4ccccc4s3)C2)cc1. The predicted octanol–water partition coefficient (Wildman–Crippen LogP) is 4.01. The topological polar surface area (TPSA) is 57.3 Å². The highest BCUT2D eigenvalue weighted by atomic mass is 32.1. The molecule has 2 N–H and O–H groups in total. The van der Waals surface area contributed by atoms with Crippen LogP contribution in [0.1, 0.15) is 25.3 Å². The Morgan fingerprint density at radius 3 is 2.81 bits per heavy atom. The van der Waals surface area contributed by atoms with Crippen molar-refractivity contribution in [1.29, 1.82) is 0 Å². The molecule has 0 radical (unpaired) electrons. The van der Waals surface area contributed by atoms with Gasteiger partial charge in [0.05, 0.1) is 10.2 Å². The molecular formula is C21H24N4OS. The van der Waals surface area contributed by atoms with Gasteiger partial charge < -0.3 is 15.5 Å². The summed E-state index contributed by atoms with van der Waals surface area (Å²) in [5.74, 6) is -0.0435. The van der Waals surface area contributed by atoms with Crippen molar-refractivity contribution in [3.05, 3.63) is 54.1 Å². The van der Waals surface area contributed by atoms with E-state index < -0.39 is 0 Å². The van der Waals surface area contributed by atoms with E-state index in [2.05, 4.69) is 45.9 Å². The number of rotatable bonds is 5. The predicted molar refractivity (Wildman–Crippen MR) is 112 cm³/mol. The molecule has 0 saturated carbocycles. The number of piperidine rings is 1. The number of hydrogen-bond acceptors (Lipinski definition) is 5. The third-order valence-electron chi connectivity index (χ3n) is 4.84. The first-order chi connectivity index (χ1) is 13.2. The molecular weight excluding hydrogens is 356 g/mol. The van der Waals surface area contributed by atoms with E-state index in [9.17, 15) is 4.79 Å². The Bertz CT molecular complexity index is 888. The molecule has 0 spiro atoms. The first-order valence-corrected chi connectivity index (χ1v) is 10.2. The van der Waals surface area contributed by atoms with Gasteiger partial charge in [0, 0.05) is 38.3 Å². The van der Waals surface area contributed by atoms with E-state index in [0.29, 0.717) is 6.04 Å². The van der Waals surface area contributed by atoms with Crippen LogP contribution in [0.3, 0.4) is 0 Å². The van der Waals surface area contributed by atoms with Crippen molar-refractivity contribution in [2.75, 3.05) is 23.3 Å². The first kappa shape index (κ1) is 17.9. The summed E-state index contributed by atoms with van der Waals surface area (Å²) in [5.41, 5.74) is 3.15. The number of fused-ring (bicyclic) bond motifs is 1. The third kappa shape index (κ3) is 4.46. The molecule has 6 heteroatoms. The van der Waals surface area contributed by atoms with Crippen LogP contribution in [0.2, 0.25) is 0 Å². The van der Waals surface area contributed by atoms with E-state index in [4.69, 9.17) is 4.98 Å². The average Bonchev–Trinajstić information content (AvgIpc) is 3.12. The van der Waals surface area contributed by atoms with Crippen molar-refractivity contribution >= 4 is 38.3 Å². The summed E-state index contributed by atoms with van der Waals surface area (Å²) >= 11 is 1.78. The number of carbonyl (C=O) groups excluding carboxylic acids is 1. The molecule has 1 fully saturated rings. The van der Waals surface area contributed by atoms with Crippen molar-refractivity contribution in [3.8, 4) is 0 Å². The number of nitrogens with one attached hydrogen (secondary N) is 2. The Morgan fingerprint density at radius 1 is 1.22 bits per heavy atom. The summed E-state index contributed by atoms with van der Waals surface area (Å²) in [6.07, 6.45) is 2.36. The Morgan fingerprint density at radius 2 is 2.04 bits per heavy atom. The summed E-state index contributed by atoms with van der Waals surface area (Å²) in [5, 5.41) is 7.61. The van der Waals surface area contributed by atoms with E-state index in [1.54, 1.807) is 11.3 Å². The minimum absolute atomic E-state index is 0.0435. The Hall–Kier alpha value is -2.44. The smallest absolute Gasteiger partial charge is 0.221 e. The molecule has 3 aromatic rings. The molecule has 1 amide bonds. The lowest BCUT2D eigenvalue weighted by Crippen LogP contribution is -2.45. The highest BCUT2D eigenvalue weighted by Gasteiger charge is 2.22. The second kappa shape index (κ2) is 8.06. The second-order valence-electron chi connectivity index (χ2n) is 7.01.